The van der Waals surface area contributed by atoms with E-state index in [1.165, 1.54) is 6.07 Å². The number of benzene rings is 3. The number of hydrogen-bond acceptors (Lipinski definition) is 8. The second-order valence-corrected chi connectivity index (χ2v) is 11.6. The summed E-state index contributed by atoms with van der Waals surface area (Å²) in [6.07, 6.45) is 1.33. The summed E-state index contributed by atoms with van der Waals surface area (Å²) >= 11 is 6.33. The molecule has 1 fully saturated rings. The van der Waals surface area contributed by atoms with Gasteiger partial charge in [-0.15, -0.1) is 0 Å². The van der Waals surface area contributed by atoms with Gasteiger partial charge in [-0.25, -0.2) is 4.39 Å². The molecule has 3 aromatic carbocycles. The molecule has 2 aliphatic heterocycles. The summed E-state index contributed by atoms with van der Waals surface area (Å²) in [4.78, 5) is 28.5. The fraction of sp³-hybridized carbons (Fsp3) is 0.412. The van der Waals surface area contributed by atoms with Crippen molar-refractivity contribution in [1.29, 1.82) is 0 Å². The van der Waals surface area contributed by atoms with Gasteiger partial charge in [-0.3, -0.25) is 14.5 Å². The maximum atomic E-state index is 15.0. The number of rotatable bonds is 14. The van der Waals surface area contributed by atoms with Crippen LogP contribution in [0.25, 0.3) is 0 Å². The summed E-state index contributed by atoms with van der Waals surface area (Å²) in [5, 5.41) is 14.3. The van der Waals surface area contributed by atoms with Crippen molar-refractivity contribution in [3.8, 4) is 17.2 Å². The highest BCUT2D eigenvalue weighted by atomic mass is 35.5. The Morgan fingerprint density at radius 1 is 1.04 bits per heavy atom. The van der Waals surface area contributed by atoms with Crippen molar-refractivity contribution in [2.75, 3.05) is 52.3 Å². The first-order valence-electron chi connectivity index (χ1n) is 15.2. The third kappa shape index (κ3) is 7.39. The van der Waals surface area contributed by atoms with Crippen LogP contribution in [0.3, 0.4) is 0 Å². The number of halogens is 2. The number of aliphatic carboxylic acids is 1. The van der Waals surface area contributed by atoms with Crippen LogP contribution in [-0.2, 0) is 31.9 Å². The fourth-order valence-electron chi connectivity index (χ4n) is 6.21. The van der Waals surface area contributed by atoms with E-state index in [9.17, 15) is 14.7 Å². The molecular formula is C34H38ClFN2O8. The number of aryl methyl sites for hydroxylation is 2. The van der Waals surface area contributed by atoms with E-state index in [4.69, 9.17) is 35.3 Å². The highest BCUT2D eigenvalue weighted by Gasteiger charge is 2.48. The minimum absolute atomic E-state index is 0.00427. The van der Waals surface area contributed by atoms with Crippen LogP contribution in [0.4, 0.5) is 10.1 Å². The Kier molecular flexibility index (Phi) is 11.0. The van der Waals surface area contributed by atoms with E-state index in [-0.39, 0.29) is 44.1 Å². The van der Waals surface area contributed by atoms with Crippen LogP contribution >= 0.6 is 11.6 Å². The summed E-state index contributed by atoms with van der Waals surface area (Å²) in [5.74, 6) is -2.90. The number of carbonyl (C=O) groups excluding carboxylic acids is 1. The molecule has 3 atom stereocenters. The molecule has 1 saturated heterocycles. The predicted octanol–water partition coefficient (Wildman–Crippen LogP) is 5.81. The second kappa shape index (κ2) is 15.1. The molecule has 0 aliphatic carbocycles. The number of fused-ring (bicyclic) bond motifs is 1. The number of ether oxygens (including phenoxy) is 5. The Balaban J connectivity index is 1.45. The predicted molar refractivity (Wildman–Crippen MR) is 169 cm³/mol. The van der Waals surface area contributed by atoms with Gasteiger partial charge >= 0.3 is 5.97 Å². The Morgan fingerprint density at radius 2 is 1.76 bits per heavy atom. The number of hydrogen-bond donors (Lipinski definition) is 2. The molecule has 12 heteroatoms. The summed E-state index contributed by atoms with van der Waals surface area (Å²) < 4.78 is 41.7. The highest BCUT2D eigenvalue weighted by molar-refractivity contribution is 6.30. The smallest absolute Gasteiger partial charge is 0.309 e. The van der Waals surface area contributed by atoms with Gasteiger partial charge in [0.1, 0.15) is 5.75 Å². The quantitative estimate of drug-likeness (QED) is 0.164. The average Bonchev–Trinajstić information content (AvgIpc) is 3.67. The largest absolute Gasteiger partial charge is 0.481 e. The number of amides is 1. The third-order valence-corrected chi connectivity index (χ3v) is 8.58. The molecule has 3 aromatic rings. The van der Waals surface area contributed by atoms with Gasteiger partial charge in [0, 0.05) is 36.3 Å². The zero-order valence-electron chi connectivity index (χ0n) is 26.0. The molecule has 0 aromatic heterocycles. The first-order chi connectivity index (χ1) is 22.2. The number of nitrogens with one attached hydrogen (secondary N) is 1. The van der Waals surface area contributed by atoms with Crippen LogP contribution in [0.15, 0.2) is 48.5 Å². The minimum atomic E-state index is -1.07. The van der Waals surface area contributed by atoms with E-state index in [2.05, 4.69) is 5.32 Å². The lowest BCUT2D eigenvalue weighted by Crippen LogP contribution is -2.35. The van der Waals surface area contributed by atoms with Crippen LogP contribution in [0.2, 0.25) is 5.02 Å². The number of nitrogens with zero attached hydrogens (tertiary/aromatic N) is 1. The standard InChI is InChI=1S/C34H38ClFN2O8/c1-4-20-12-24(35)13-21(5-2)31(20)37-29(39)17-38-16-26(23-14-27(36)33-28(15-23)45-19-46-33)30(34(40)41)32(38)22-6-8-25(9-7-22)44-18-43-11-10-42-3/h6-9,12-15,26,30,32H,4-5,10-11,16-19H2,1-3H3,(H,37,39)(H,40,41)/t26-,30?,32+/m1/s1. The Morgan fingerprint density at radius 3 is 2.41 bits per heavy atom. The van der Waals surface area contributed by atoms with Crippen LogP contribution in [0, 0.1) is 11.7 Å². The van der Waals surface area contributed by atoms with Gasteiger partial charge in [-0.05, 0) is 71.5 Å². The van der Waals surface area contributed by atoms with Gasteiger partial charge in [0.25, 0.3) is 0 Å². The van der Waals surface area contributed by atoms with E-state index in [1.54, 1.807) is 37.4 Å². The van der Waals surface area contributed by atoms with Gasteiger partial charge in [0.2, 0.25) is 18.4 Å². The lowest BCUT2D eigenvalue weighted by Gasteiger charge is -2.27. The molecular weight excluding hydrogens is 619 g/mol. The number of carbonyl (C=O) groups is 2. The first kappa shape index (κ1) is 33.5. The Labute approximate surface area is 272 Å². The topological polar surface area (TPSA) is 116 Å². The third-order valence-electron chi connectivity index (χ3n) is 8.36. The molecule has 0 spiro atoms. The number of carboxylic acid groups (broad SMARTS) is 1. The normalized spacial score (nSPS) is 18.9. The van der Waals surface area contributed by atoms with Gasteiger partial charge in [-0.1, -0.05) is 37.6 Å². The number of carboxylic acids is 1. The van der Waals surface area contributed by atoms with Crippen molar-refractivity contribution in [2.45, 2.75) is 38.6 Å². The van der Waals surface area contributed by atoms with Crippen LogP contribution < -0.4 is 19.5 Å². The van der Waals surface area contributed by atoms with Crippen molar-refractivity contribution < 1.29 is 42.8 Å². The number of methoxy groups -OCH3 is 1. The van der Waals surface area contributed by atoms with Crippen molar-refractivity contribution in [1.82, 2.24) is 4.90 Å². The highest BCUT2D eigenvalue weighted by Crippen LogP contribution is 2.48. The van der Waals surface area contributed by atoms with Gasteiger partial charge in [-0.2, -0.15) is 0 Å². The molecule has 2 N–H and O–H groups in total. The van der Waals surface area contributed by atoms with E-state index >= 15 is 4.39 Å². The Hall–Kier alpha value is -3.90. The zero-order chi connectivity index (χ0) is 32.8. The van der Waals surface area contributed by atoms with Crippen LogP contribution in [0.1, 0.15) is 48.1 Å². The summed E-state index contributed by atoms with van der Waals surface area (Å²) in [7, 11) is 1.58. The molecule has 2 heterocycles. The molecule has 0 radical (unpaired) electrons. The SMILES string of the molecule is CCc1cc(Cl)cc(CC)c1NC(=O)CN1C[C@H](c2cc(F)c3c(c2)OCO3)C(C(=O)O)[C@@H]1c1ccc(OCOCCOC)cc1. The average molecular weight is 657 g/mol. The molecule has 246 valence electrons. The lowest BCUT2D eigenvalue weighted by atomic mass is 9.82. The van der Waals surface area contributed by atoms with E-state index < -0.39 is 29.7 Å². The van der Waals surface area contributed by atoms with Gasteiger partial charge in [0.15, 0.2) is 18.4 Å². The van der Waals surface area contributed by atoms with Crippen molar-refractivity contribution in [2.24, 2.45) is 5.92 Å². The molecule has 10 nitrogen and oxygen atoms in total. The van der Waals surface area contributed by atoms with Crippen molar-refractivity contribution >= 4 is 29.2 Å². The van der Waals surface area contributed by atoms with E-state index in [0.717, 1.165) is 11.1 Å². The summed E-state index contributed by atoms with van der Waals surface area (Å²) in [5.41, 5.74) is 3.67. The number of likely N-dealkylation sites (tertiary alicyclic amines) is 1. The van der Waals surface area contributed by atoms with Crippen molar-refractivity contribution in [3.05, 3.63) is 81.6 Å². The monoisotopic (exact) mass is 656 g/mol. The molecule has 1 amide bonds. The van der Waals surface area contributed by atoms with Gasteiger partial charge in [0.05, 0.1) is 25.7 Å². The zero-order valence-corrected chi connectivity index (χ0v) is 26.8. The summed E-state index contributed by atoms with van der Waals surface area (Å²) in [6, 6.07) is 12.9. The summed E-state index contributed by atoms with van der Waals surface area (Å²) in [6.45, 7) is 4.79. The maximum absolute atomic E-state index is 15.0. The lowest BCUT2D eigenvalue weighted by molar-refractivity contribution is -0.143. The molecule has 46 heavy (non-hydrogen) atoms. The minimum Gasteiger partial charge on any atom is -0.481 e. The fourth-order valence-corrected chi connectivity index (χ4v) is 6.47. The molecule has 0 bridgehead atoms. The maximum Gasteiger partial charge on any atom is 0.309 e. The van der Waals surface area contributed by atoms with Crippen LogP contribution in [0.5, 0.6) is 17.2 Å². The van der Waals surface area contributed by atoms with E-state index in [0.29, 0.717) is 53.6 Å². The number of anilines is 1. The van der Waals surface area contributed by atoms with E-state index in [1.807, 2.05) is 30.9 Å². The molecule has 0 saturated carbocycles. The second-order valence-electron chi connectivity index (χ2n) is 11.2. The molecule has 1 unspecified atom stereocenters. The van der Waals surface area contributed by atoms with Crippen LogP contribution in [-0.4, -0.2) is 68.9 Å². The molecule has 5 rings (SSSR count). The van der Waals surface area contributed by atoms with Gasteiger partial charge < -0.3 is 34.1 Å². The van der Waals surface area contributed by atoms with Crippen molar-refractivity contribution in [3.63, 3.8) is 0 Å². The Bertz CT molecular complexity index is 1530. The molecule has 2 aliphatic rings. The first-order valence-corrected chi connectivity index (χ1v) is 15.6.